The van der Waals surface area contributed by atoms with Gasteiger partial charge >= 0.3 is 0 Å². The van der Waals surface area contributed by atoms with E-state index < -0.39 is 0 Å². The van der Waals surface area contributed by atoms with Crippen molar-refractivity contribution in [3.8, 4) is 39.6 Å². The summed E-state index contributed by atoms with van der Waals surface area (Å²) >= 11 is 6.11. The van der Waals surface area contributed by atoms with Gasteiger partial charge in [0.1, 0.15) is 5.65 Å². The van der Waals surface area contributed by atoms with E-state index in [0.29, 0.717) is 10.6 Å². The Hall–Kier alpha value is -3.87. The van der Waals surface area contributed by atoms with Gasteiger partial charge in [-0.3, -0.25) is 0 Å². The van der Waals surface area contributed by atoms with E-state index in [1.165, 1.54) is 0 Å². The normalized spacial score (nSPS) is 10.8. The van der Waals surface area contributed by atoms with Gasteiger partial charge in [0.15, 0.2) is 0 Å². The zero-order valence-corrected chi connectivity index (χ0v) is 16.7. The van der Waals surface area contributed by atoms with Crippen LogP contribution in [0.3, 0.4) is 0 Å². The Kier molecular flexibility index (Phi) is 4.55. The van der Waals surface area contributed by atoms with Gasteiger partial charge in [-0.1, -0.05) is 66.2 Å². The first-order chi connectivity index (χ1) is 14.7. The third kappa shape index (κ3) is 3.34. The number of benzene rings is 3. The first kappa shape index (κ1) is 18.2. The van der Waals surface area contributed by atoms with Gasteiger partial charge in [0.2, 0.25) is 0 Å². The molecule has 2 heterocycles. The Morgan fingerprint density at radius 3 is 2.27 bits per heavy atom. The molecule has 0 radical (unpaired) electrons. The minimum atomic E-state index is 0.635. The molecule has 0 unspecified atom stereocenters. The van der Waals surface area contributed by atoms with Crippen LogP contribution in [0.2, 0.25) is 5.02 Å². The lowest BCUT2D eigenvalue weighted by Gasteiger charge is -2.09. The second kappa shape index (κ2) is 7.51. The SMILES string of the molecule is N#Cc1cccc(-c2cc(-c3ccc(Cl)cc3)c3nc(-c4ccccc4)cn3c2)c1. The molecular weight excluding hydrogens is 390 g/mol. The molecule has 0 aliphatic rings. The van der Waals surface area contributed by atoms with Crippen molar-refractivity contribution < 1.29 is 0 Å². The Bertz CT molecular complexity index is 1390. The van der Waals surface area contributed by atoms with Gasteiger partial charge in [-0.25, -0.2) is 4.98 Å². The number of nitriles is 1. The molecule has 0 fully saturated rings. The molecule has 3 nitrogen and oxygen atoms in total. The van der Waals surface area contributed by atoms with Gasteiger partial charge in [-0.15, -0.1) is 0 Å². The predicted molar refractivity (Wildman–Crippen MR) is 121 cm³/mol. The topological polar surface area (TPSA) is 41.1 Å². The maximum Gasteiger partial charge on any atom is 0.145 e. The summed E-state index contributed by atoms with van der Waals surface area (Å²) < 4.78 is 2.06. The van der Waals surface area contributed by atoms with Crippen LogP contribution < -0.4 is 0 Å². The molecule has 0 N–H and O–H groups in total. The third-order valence-corrected chi connectivity index (χ3v) is 5.35. The quantitative estimate of drug-likeness (QED) is 0.329. The molecule has 0 aliphatic carbocycles. The Labute approximate surface area is 179 Å². The summed E-state index contributed by atoms with van der Waals surface area (Å²) in [7, 11) is 0. The van der Waals surface area contributed by atoms with E-state index >= 15 is 0 Å². The van der Waals surface area contributed by atoms with Crippen molar-refractivity contribution in [2.24, 2.45) is 0 Å². The second-order valence-electron chi connectivity index (χ2n) is 7.07. The largest absolute Gasteiger partial charge is 0.305 e. The molecule has 0 aliphatic heterocycles. The van der Waals surface area contributed by atoms with Gasteiger partial charge in [0, 0.05) is 28.5 Å². The maximum atomic E-state index is 9.29. The van der Waals surface area contributed by atoms with Gasteiger partial charge < -0.3 is 4.40 Å². The number of imidazole rings is 1. The molecule has 0 amide bonds. The summed E-state index contributed by atoms with van der Waals surface area (Å²) in [5.74, 6) is 0. The molecule has 0 spiro atoms. The summed E-state index contributed by atoms with van der Waals surface area (Å²) in [6, 6.07) is 29.9. The summed E-state index contributed by atoms with van der Waals surface area (Å²) in [5, 5.41) is 9.99. The summed E-state index contributed by atoms with van der Waals surface area (Å²) in [6.45, 7) is 0. The van der Waals surface area contributed by atoms with Crippen LogP contribution in [0.5, 0.6) is 0 Å². The number of halogens is 1. The van der Waals surface area contributed by atoms with E-state index in [-0.39, 0.29) is 0 Å². The fourth-order valence-corrected chi connectivity index (χ4v) is 3.74. The minimum absolute atomic E-state index is 0.635. The van der Waals surface area contributed by atoms with Crippen LogP contribution in [-0.4, -0.2) is 9.38 Å². The van der Waals surface area contributed by atoms with Gasteiger partial charge in [0.05, 0.1) is 17.3 Å². The van der Waals surface area contributed by atoms with E-state index in [0.717, 1.165) is 39.2 Å². The van der Waals surface area contributed by atoms with Gasteiger partial charge in [0.25, 0.3) is 0 Å². The molecule has 2 aromatic heterocycles. The standard InChI is InChI=1S/C26H16ClN3/c27-23-11-9-19(10-12-23)24-14-22(21-8-4-5-18(13-21)15-28)16-30-17-25(29-26(24)30)20-6-2-1-3-7-20/h1-14,16-17H. The smallest absolute Gasteiger partial charge is 0.145 e. The lowest BCUT2D eigenvalue weighted by molar-refractivity contribution is 1.19. The molecule has 142 valence electrons. The fraction of sp³-hybridized carbons (Fsp3) is 0. The summed E-state index contributed by atoms with van der Waals surface area (Å²) in [5.41, 5.74) is 7.53. The van der Waals surface area contributed by atoms with Gasteiger partial charge in [-0.2, -0.15) is 5.26 Å². The molecular formula is C26H16ClN3. The summed E-state index contributed by atoms with van der Waals surface area (Å²) in [6.07, 6.45) is 4.10. The first-order valence-corrected chi connectivity index (χ1v) is 9.94. The van der Waals surface area contributed by atoms with Crippen molar-refractivity contribution in [3.63, 3.8) is 0 Å². The van der Waals surface area contributed by atoms with Crippen LogP contribution in [0.25, 0.3) is 39.2 Å². The zero-order valence-electron chi connectivity index (χ0n) is 16.0. The van der Waals surface area contributed by atoms with E-state index in [4.69, 9.17) is 16.6 Å². The van der Waals surface area contributed by atoms with Crippen molar-refractivity contribution in [2.45, 2.75) is 0 Å². The van der Waals surface area contributed by atoms with Crippen LogP contribution in [0, 0.1) is 11.3 Å². The third-order valence-electron chi connectivity index (χ3n) is 5.10. The molecule has 3 aromatic carbocycles. The number of pyridine rings is 1. The van der Waals surface area contributed by atoms with Crippen LogP contribution in [0.15, 0.2) is 97.3 Å². The lowest BCUT2D eigenvalue weighted by Crippen LogP contribution is -1.91. The van der Waals surface area contributed by atoms with E-state index in [1.807, 2.05) is 72.9 Å². The molecule has 0 bridgehead atoms. The van der Waals surface area contributed by atoms with Crippen LogP contribution in [0.1, 0.15) is 5.56 Å². The number of fused-ring (bicyclic) bond motifs is 1. The molecule has 5 aromatic rings. The van der Waals surface area contributed by atoms with Crippen molar-refractivity contribution in [3.05, 3.63) is 108 Å². The van der Waals surface area contributed by atoms with E-state index in [1.54, 1.807) is 0 Å². The van der Waals surface area contributed by atoms with E-state index in [9.17, 15) is 5.26 Å². The van der Waals surface area contributed by atoms with Crippen molar-refractivity contribution in [1.29, 1.82) is 5.26 Å². The molecule has 4 heteroatoms. The Morgan fingerprint density at radius 1 is 0.733 bits per heavy atom. The highest BCUT2D eigenvalue weighted by atomic mass is 35.5. The number of rotatable bonds is 3. The average molecular weight is 406 g/mol. The molecule has 0 saturated heterocycles. The van der Waals surface area contributed by atoms with Crippen molar-refractivity contribution >= 4 is 17.2 Å². The molecule has 30 heavy (non-hydrogen) atoms. The van der Waals surface area contributed by atoms with Crippen molar-refractivity contribution in [2.75, 3.05) is 0 Å². The average Bonchev–Trinajstić information content (AvgIpc) is 3.24. The van der Waals surface area contributed by atoms with Gasteiger partial charge in [-0.05, 0) is 47.0 Å². The highest BCUT2D eigenvalue weighted by Crippen LogP contribution is 2.32. The highest BCUT2D eigenvalue weighted by molar-refractivity contribution is 6.30. The number of nitrogens with zero attached hydrogens (tertiary/aromatic N) is 3. The predicted octanol–water partition coefficient (Wildman–Crippen LogP) is 6.86. The Morgan fingerprint density at radius 2 is 1.50 bits per heavy atom. The maximum absolute atomic E-state index is 9.29. The first-order valence-electron chi connectivity index (χ1n) is 9.56. The Balaban J connectivity index is 1.76. The van der Waals surface area contributed by atoms with Crippen molar-refractivity contribution in [1.82, 2.24) is 9.38 Å². The molecule has 5 rings (SSSR count). The minimum Gasteiger partial charge on any atom is -0.305 e. The molecule has 0 saturated carbocycles. The van der Waals surface area contributed by atoms with Crippen LogP contribution in [-0.2, 0) is 0 Å². The van der Waals surface area contributed by atoms with E-state index in [2.05, 4.69) is 34.9 Å². The molecule has 0 atom stereocenters. The number of aromatic nitrogens is 2. The number of hydrogen-bond donors (Lipinski definition) is 0. The van der Waals surface area contributed by atoms with Crippen LogP contribution in [0.4, 0.5) is 0 Å². The zero-order chi connectivity index (χ0) is 20.5. The lowest BCUT2D eigenvalue weighted by atomic mass is 10.0. The highest BCUT2D eigenvalue weighted by Gasteiger charge is 2.13. The monoisotopic (exact) mass is 405 g/mol. The fourth-order valence-electron chi connectivity index (χ4n) is 3.61. The van der Waals surface area contributed by atoms with Crippen LogP contribution >= 0.6 is 11.6 Å². The number of hydrogen-bond acceptors (Lipinski definition) is 2. The summed E-state index contributed by atoms with van der Waals surface area (Å²) in [4.78, 5) is 4.93. The second-order valence-corrected chi connectivity index (χ2v) is 7.50.